The van der Waals surface area contributed by atoms with Crippen LogP contribution in [0.4, 0.5) is 11.6 Å². The molecule has 0 atom stereocenters. The van der Waals surface area contributed by atoms with Crippen LogP contribution in [0.1, 0.15) is 37.0 Å². The van der Waals surface area contributed by atoms with Gasteiger partial charge in [-0.3, -0.25) is 4.79 Å². The van der Waals surface area contributed by atoms with Gasteiger partial charge in [0.15, 0.2) is 0 Å². The molecule has 1 aromatic carbocycles. The summed E-state index contributed by atoms with van der Waals surface area (Å²) >= 11 is 0. The number of aromatic nitrogens is 2. The zero-order valence-corrected chi connectivity index (χ0v) is 14.6. The van der Waals surface area contributed by atoms with Crippen molar-refractivity contribution in [3.05, 3.63) is 41.7 Å². The van der Waals surface area contributed by atoms with Gasteiger partial charge in [0.1, 0.15) is 11.4 Å². The Balaban J connectivity index is 2.21. The van der Waals surface area contributed by atoms with Crippen LogP contribution in [0.2, 0.25) is 0 Å². The minimum Gasteiger partial charge on any atom is -0.492 e. The molecule has 0 spiro atoms. The highest BCUT2D eigenvalue weighted by Gasteiger charge is 2.12. The molecule has 0 saturated carbocycles. The molecule has 2 rings (SSSR count). The van der Waals surface area contributed by atoms with E-state index in [0.717, 1.165) is 17.1 Å². The van der Waals surface area contributed by atoms with Crippen molar-refractivity contribution in [1.29, 1.82) is 0 Å². The Kier molecular flexibility index (Phi) is 6.12. The van der Waals surface area contributed by atoms with E-state index in [1.165, 1.54) is 0 Å². The van der Waals surface area contributed by atoms with Gasteiger partial charge in [-0.1, -0.05) is 26.0 Å². The highest BCUT2D eigenvalue weighted by atomic mass is 16.5. The molecular formula is C18H24N4O2. The summed E-state index contributed by atoms with van der Waals surface area (Å²) < 4.78 is 5.58. The SMILES string of the molecule is CCOc1ccccc1Nc1nc(C)cc(C(=O)NCC(C)C)n1. The quantitative estimate of drug-likeness (QED) is 0.815. The average molecular weight is 328 g/mol. The maximum absolute atomic E-state index is 12.2. The Morgan fingerprint density at radius 3 is 2.71 bits per heavy atom. The van der Waals surface area contributed by atoms with Gasteiger partial charge in [-0.05, 0) is 38.0 Å². The number of nitrogens with zero attached hydrogens (tertiary/aromatic N) is 2. The maximum Gasteiger partial charge on any atom is 0.270 e. The maximum atomic E-state index is 12.2. The first-order valence-corrected chi connectivity index (χ1v) is 8.12. The van der Waals surface area contributed by atoms with Gasteiger partial charge in [-0.25, -0.2) is 9.97 Å². The van der Waals surface area contributed by atoms with Crippen LogP contribution < -0.4 is 15.4 Å². The number of rotatable bonds is 7. The molecule has 6 nitrogen and oxygen atoms in total. The van der Waals surface area contributed by atoms with E-state index in [-0.39, 0.29) is 5.91 Å². The zero-order chi connectivity index (χ0) is 17.5. The lowest BCUT2D eigenvalue weighted by molar-refractivity contribution is 0.0944. The topological polar surface area (TPSA) is 76.1 Å². The number of para-hydroxylation sites is 2. The fourth-order valence-corrected chi connectivity index (χ4v) is 2.10. The van der Waals surface area contributed by atoms with Gasteiger partial charge in [-0.15, -0.1) is 0 Å². The molecule has 1 aromatic heterocycles. The lowest BCUT2D eigenvalue weighted by Crippen LogP contribution is -2.28. The second kappa shape index (κ2) is 8.29. The van der Waals surface area contributed by atoms with Gasteiger partial charge >= 0.3 is 0 Å². The van der Waals surface area contributed by atoms with Crippen LogP contribution in [0.3, 0.4) is 0 Å². The summed E-state index contributed by atoms with van der Waals surface area (Å²) in [5.41, 5.74) is 1.83. The Bertz CT molecular complexity index is 701. The normalized spacial score (nSPS) is 10.5. The van der Waals surface area contributed by atoms with Crippen molar-refractivity contribution in [3.8, 4) is 5.75 Å². The molecule has 0 radical (unpaired) electrons. The summed E-state index contributed by atoms with van der Waals surface area (Å²) in [6.07, 6.45) is 0. The molecule has 0 bridgehead atoms. The standard InChI is InChI=1S/C18H24N4O2/c1-5-24-16-9-7-6-8-14(16)21-18-20-13(4)10-15(22-18)17(23)19-11-12(2)3/h6-10,12H,5,11H2,1-4H3,(H,19,23)(H,20,21,22). The molecule has 0 aliphatic carbocycles. The molecule has 24 heavy (non-hydrogen) atoms. The number of ether oxygens (including phenoxy) is 1. The van der Waals surface area contributed by atoms with Crippen LogP contribution in [-0.4, -0.2) is 29.0 Å². The molecule has 0 fully saturated rings. The number of carbonyl (C=O) groups is 1. The summed E-state index contributed by atoms with van der Waals surface area (Å²) in [5, 5.41) is 6.00. The first-order chi connectivity index (χ1) is 11.5. The molecule has 0 saturated heterocycles. The number of anilines is 2. The average Bonchev–Trinajstić information content (AvgIpc) is 2.54. The number of amides is 1. The molecule has 2 N–H and O–H groups in total. The summed E-state index contributed by atoms with van der Waals surface area (Å²) in [6.45, 7) is 9.03. The summed E-state index contributed by atoms with van der Waals surface area (Å²) in [6, 6.07) is 9.23. The zero-order valence-electron chi connectivity index (χ0n) is 14.6. The van der Waals surface area contributed by atoms with E-state index in [1.54, 1.807) is 6.07 Å². The van der Waals surface area contributed by atoms with Crippen LogP contribution in [0, 0.1) is 12.8 Å². The van der Waals surface area contributed by atoms with E-state index >= 15 is 0 Å². The fraction of sp³-hybridized carbons (Fsp3) is 0.389. The van der Waals surface area contributed by atoms with Gasteiger partial charge in [0.2, 0.25) is 5.95 Å². The lowest BCUT2D eigenvalue weighted by Gasteiger charge is -2.12. The van der Waals surface area contributed by atoms with Crippen LogP contribution >= 0.6 is 0 Å². The van der Waals surface area contributed by atoms with Gasteiger partial charge in [0.25, 0.3) is 5.91 Å². The monoisotopic (exact) mass is 328 g/mol. The highest BCUT2D eigenvalue weighted by Crippen LogP contribution is 2.26. The van der Waals surface area contributed by atoms with Gasteiger partial charge in [0, 0.05) is 12.2 Å². The lowest BCUT2D eigenvalue weighted by atomic mass is 10.2. The number of hydrogen-bond donors (Lipinski definition) is 2. The molecule has 6 heteroatoms. The van der Waals surface area contributed by atoms with Crippen LogP contribution in [-0.2, 0) is 0 Å². The smallest absolute Gasteiger partial charge is 0.270 e. The Morgan fingerprint density at radius 1 is 1.25 bits per heavy atom. The second-order valence-corrected chi connectivity index (χ2v) is 5.88. The van der Waals surface area contributed by atoms with E-state index in [1.807, 2.05) is 52.0 Å². The summed E-state index contributed by atoms with van der Waals surface area (Å²) in [4.78, 5) is 20.9. The first-order valence-electron chi connectivity index (χ1n) is 8.12. The Labute approximate surface area is 142 Å². The van der Waals surface area contributed by atoms with Gasteiger partial charge in [-0.2, -0.15) is 0 Å². The molecule has 1 heterocycles. The minimum absolute atomic E-state index is 0.199. The third kappa shape index (κ3) is 4.94. The first kappa shape index (κ1) is 17.7. The molecule has 0 aliphatic heterocycles. The van der Waals surface area contributed by atoms with E-state index in [4.69, 9.17) is 4.74 Å². The predicted octanol–water partition coefficient (Wildman–Crippen LogP) is 3.31. The molecule has 0 aliphatic rings. The number of nitrogens with one attached hydrogen (secondary N) is 2. The van der Waals surface area contributed by atoms with E-state index < -0.39 is 0 Å². The largest absolute Gasteiger partial charge is 0.492 e. The van der Waals surface area contributed by atoms with Crippen molar-refractivity contribution < 1.29 is 9.53 Å². The third-order valence-electron chi connectivity index (χ3n) is 3.19. The van der Waals surface area contributed by atoms with Crippen molar-refractivity contribution in [2.24, 2.45) is 5.92 Å². The van der Waals surface area contributed by atoms with Gasteiger partial charge < -0.3 is 15.4 Å². The van der Waals surface area contributed by atoms with Crippen molar-refractivity contribution >= 4 is 17.5 Å². The number of carbonyl (C=O) groups excluding carboxylic acids is 1. The highest BCUT2D eigenvalue weighted by molar-refractivity contribution is 5.92. The van der Waals surface area contributed by atoms with E-state index in [0.29, 0.717) is 30.7 Å². The molecule has 0 unspecified atom stereocenters. The predicted molar refractivity (Wildman–Crippen MR) is 94.8 cm³/mol. The molecule has 2 aromatic rings. The van der Waals surface area contributed by atoms with Crippen LogP contribution in [0.15, 0.2) is 30.3 Å². The van der Waals surface area contributed by atoms with E-state index in [2.05, 4.69) is 20.6 Å². The van der Waals surface area contributed by atoms with Crippen molar-refractivity contribution in [1.82, 2.24) is 15.3 Å². The number of hydrogen-bond acceptors (Lipinski definition) is 5. The number of aryl methyl sites for hydroxylation is 1. The van der Waals surface area contributed by atoms with Crippen molar-refractivity contribution in [3.63, 3.8) is 0 Å². The molecule has 128 valence electrons. The fourth-order valence-electron chi connectivity index (χ4n) is 2.10. The van der Waals surface area contributed by atoms with Gasteiger partial charge in [0.05, 0.1) is 12.3 Å². The second-order valence-electron chi connectivity index (χ2n) is 5.88. The number of benzene rings is 1. The van der Waals surface area contributed by atoms with Crippen molar-refractivity contribution in [2.45, 2.75) is 27.7 Å². The molecular weight excluding hydrogens is 304 g/mol. The Morgan fingerprint density at radius 2 is 2.00 bits per heavy atom. The van der Waals surface area contributed by atoms with Crippen LogP contribution in [0.25, 0.3) is 0 Å². The van der Waals surface area contributed by atoms with Crippen LogP contribution in [0.5, 0.6) is 5.75 Å². The Hall–Kier alpha value is -2.63. The van der Waals surface area contributed by atoms with E-state index in [9.17, 15) is 4.79 Å². The minimum atomic E-state index is -0.199. The molecule has 1 amide bonds. The van der Waals surface area contributed by atoms with Crippen molar-refractivity contribution in [2.75, 3.05) is 18.5 Å². The summed E-state index contributed by atoms with van der Waals surface area (Å²) in [7, 11) is 0. The third-order valence-corrected chi connectivity index (χ3v) is 3.19. The summed E-state index contributed by atoms with van der Waals surface area (Å²) in [5.74, 6) is 1.27.